The van der Waals surface area contributed by atoms with Crippen LogP contribution < -0.4 is 5.32 Å². The first-order chi connectivity index (χ1) is 10.7. The number of fused-ring (bicyclic) bond motifs is 2. The molecule has 0 unspecified atom stereocenters. The molecule has 4 rings (SSSR count). The molecule has 2 amide bonds. The lowest BCUT2D eigenvalue weighted by Gasteiger charge is -2.19. The van der Waals surface area contributed by atoms with Crippen LogP contribution in [0.5, 0.6) is 0 Å². The molecule has 0 bridgehead atoms. The van der Waals surface area contributed by atoms with Gasteiger partial charge in [-0.2, -0.15) is 0 Å². The van der Waals surface area contributed by atoms with Crippen molar-refractivity contribution in [1.29, 1.82) is 0 Å². The van der Waals surface area contributed by atoms with Gasteiger partial charge in [0.1, 0.15) is 6.04 Å². The van der Waals surface area contributed by atoms with E-state index in [1.165, 1.54) is 0 Å². The summed E-state index contributed by atoms with van der Waals surface area (Å²) in [7, 11) is 0. The molecule has 5 heteroatoms. The maximum atomic E-state index is 12.7. The van der Waals surface area contributed by atoms with Gasteiger partial charge in [-0.05, 0) is 25.0 Å². The molecular weight excluding hydrogens is 278 g/mol. The largest absolute Gasteiger partial charge is 0.325 e. The van der Waals surface area contributed by atoms with E-state index in [2.05, 4.69) is 10.3 Å². The Morgan fingerprint density at radius 1 is 1.09 bits per heavy atom. The minimum Gasteiger partial charge on any atom is -0.325 e. The van der Waals surface area contributed by atoms with Gasteiger partial charge in [0.05, 0.1) is 11.4 Å². The van der Waals surface area contributed by atoms with E-state index in [-0.39, 0.29) is 17.9 Å². The highest BCUT2D eigenvalue weighted by molar-refractivity contribution is 6.09. The van der Waals surface area contributed by atoms with Crippen molar-refractivity contribution in [3.05, 3.63) is 48.2 Å². The van der Waals surface area contributed by atoms with E-state index in [1.54, 1.807) is 11.0 Å². The van der Waals surface area contributed by atoms with Gasteiger partial charge in [0, 0.05) is 12.1 Å². The molecule has 1 aromatic carbocycles. The van der Waals surface area contributed by atoms with Gasteiger partial charge >= 0.3 is 0 Å². The van der Waals surface area contributed by atoms with E-state index in [9.17, 15) is 9.59 Å². The molecule has 2 aliphatic heterocycles. The third-order valence-corrected chi connectivity index (χ3v) is 4.24. The van der Waals surface area contributed by atoms with Crippen LogP contribution in [0.1, 0.15) is 23.3 Å². The standard InChI is InChI=1S/C17H15N3O2/c21-16-14-7-4-10-20(14)17(22)15-13(19-16)9-8-12(18-15)11-5-2-1-3-6-11/h1-3,5-6,8-9,14H,4,7,10H2,(H,19,21)/t14-/m0/s1. The molecule has 2 aliphatic rings. The van der Waals surface area contributed by atoms with Crippen molar-refractivity contribution in [3.8, 4) is 11.3 Å². The lowest BCUT2D eigenvalue weighted by Crippen LogP contribution is -2.40. The molecule has 2 aromatic rings. The van der Waals surface area contributed by atoms with Crippen molar-refractivity contribution in [3.63, 3.8) is 0 Å². The van der Waals surface area contributed by atoms with Crippen LogP contribution in [-0.2, 0) is 4.79 Å². The first-order valence-corrected chi connectivity index (χ1v) is 7.42. The zero-order valence-corrected chi connectivity index (χ0v) is 12.0. The predicted molar refractivity (Wildman–Crippen MR) is 82.4 cm³/mol. The van der Waals surface area contributed by atoms with Gasteiger partial charge in [0.2, 0.25) is 5.91 Å². The second-order valence-corrected chi connectivity index (χ2v) is 5.60. The summed E-state index contributed by atoms with van der Waals surface area (Å²) in [5.74, 6) is -0.271. The summed E-state index contributed by atoms with van der Waals surface area (Å²) in [6.07, 6.45) is 1.58. The molecule has 1 atom stereocenters. The average molecular weight is 293 g/mol. The lowest BCUT2D eigenvalue weighted by atomic mass is 10.1. The fourth-order valence-electron chi connectivity index (χ4n) is 3.13. The van der Waals surface area contributed by atoms with E-state index >= 15 is 0 Å². The number of carbonyl (C=O) groups excluding carboxylic acids is 2. The van der Waals surface area contributed by atoms with Crippen LogP contribution in [0.25, 0.3) is 11.3 Å². The predicted octanol–water partition coefficient (Wildman–Crippen LogP) is 2.31. The third kappa shape index (κ3) is 1.97. The van der Waals surface area contributed by atoms with Gasteiger partial charge in [-0.1, -0.05) is 30.3 Å². The highest BCUT2D eigenvalue weighted by Gasteiger charge is 2.39. The molecule has 110 valence electrons. The SMILES string of the molecule is O=C1Nc2ccc(-c3ccccc3)nc2C(=O)N2CCC[C@@H]12. The number of pyridine rings is 1. The van der Waals surface area contributed by atoms with E-state index < -0.39 is 0 Å². The highest BCUT2D eigenvalue weighted by atomic mass is 16.2. The number of carbonyl (C=O) groups is 2. The molecule has 0 saturated carbocycles. The van der Waals surface area contributed by atoms with E-state index in [0.717, 1.165) is 24.1 Å². The van der Waals surface area contributed by atoms with Gasteiger partial charge < -0.3 is 10.2 Å². The number of benzene rings is 1. The van der Waals surface area contributed by atoms with Gasteiger partial charge in [-0.25, -0.2) is 4.98 Å². The molecule has 1 fully saturated rings. The number of hydrogen-bond acceptors (Lipinski definition) is 3. The molecule has 5 nitrogen and oxygen atoms in total. The zero-order chi connectivity index (χ0) is 15.1. The van der Waals surface area contributed by atoms with E-state index in [0.29, 0.717) is 17.9 Å². The molecule has 1 N–H and O–H groups in total. The molecule has 1 aromatic heterocycles. The van der Waals surface area contributed by atoms with Crippen LogP contribution in [0, 0.1) is 0 Å². The molecule has 1 saturated heterocycles. The maximum Gasteiger partial charge on any atom is 0.275 e. The van der Waals surface area contributed by atoms with Crippen molar-refractivity contribution >= 4 is 17.5 Å². The smallest absolute Gasteiger partial charge is 0.275 e. The third-order valence-electron chi connectivity index (χ3n) is 4.24. The van der Waals surface area contributed by atoms with Gasteiger partial charge in [0.15, 0.2) is 5.69 Å². The van der Waals surface area contributed by atoms with E-state index in [1.807, 2.05) is 36.4 Å². The maximum absolute atomic E-state index is 12.7. The van der Waals surface area contributed by atoms with Gasteiger partial charge in [0.25, 0.3) is 5.91 Å². The number of hydrogen-bond donors (Lipinski definition) is 1. The fraction of sp³-hybridized carbons (Fsp3) is 0.235. The van der Waals surface area contributed by atoms with Gasteiger partial charge in [-0.15, -0.1) is 0 Å². The van der Waals surface area contributed by atoms with Crippen molar-refractivity contribution < 1.29 is 9.59 Å². The Kier molecular flexibility index (Phi) is 2.92. The zero-order valence-electron chi connectivity index (χ0n) is 12.0. The van der Waals surface area contributed by atoms with Crippen LogP contribution in [0.4, 0.5) is 5.69 Å². The van der Waals surface area contributed by atoms with Crippen LogP contribution in [0.3, 0.4) is 0 Å². The lowest BCUT2D eigenvalue weighted by molar-refractivity contribution is -0.119. The van der Waals surface area contributed by atoms with E-state index in [4.69, 9.17) is 0 Å². The Morgan fingerprint density at radius 2 is 1.91 bits per heavy atom. The second-order valence-electron chi connectivity index (χ2n) is 5.60. The minimum absolute atomic E-state index is 0.112. The quantitative estimate of drug-likeness (QED) is 0.877. The van der Waals surface area contributed by atoms with Crippen LogP contribution >= 0.6 is 0 Å². The summed E-state index contributed by atoms with van der Waals surface area (Å²) in [4.78, 5) is 31.1. The van der Waals surface area contributed by atoms with Crippen LogP contribution in [0.15, 0.2) is 42.5 Å². The molecule has 22 heavy (non-hydrogen) atoms. The monoisotopic (exact) mass is 293 g/mol. The normalized spacial score (nSPS) is 20.2. The summed E-state index contributed by atoms with van der Waals surface area (Å²) >= 11 is 0. The Balaban J connectivity index is 1.81. The minimum atomic E-state index is -0.359. The molecule has 0 spiro atoms. The van der Waals surface area contributed by atoms with Crippen LogP contribution in [-0.4, -0.2) is 34.3 Å². The number of amides is 2. The average Bonchev–Trinajstić information content (AvgIpc) is 3.02. The number of nitrogens with one attached hydrogen (secondary N) is 1. The van der Waals surface area contributed by atoms with Crippen molar-refractivity contribution in [2.45, 2.75) is 18.9 Å². The Morgan fingerprint density at radius 3 is 2.73 bits per heavy atom. The summed E-state index contributed by atoms with van der Waals surface area (Å²) < 4.78 is 0. The Bertz CT molecular complexity index is 758. The van der Waals surface area contributed by atoms with Crippen molar-refractivity contribution in [2.75, 3.05) is 11.9 Å². The van der Waals surface area contributed by atoms with Gasteiger partial charge in [-0.3, -0.25) is 9.59 Å². The summed E-state index contributed by atoms with van der Waals surface area (Å²) in [6, 6.07) is 12.9. The second kappa shape index (κ2) is 4.94. The number of anilines is 1. The number of aromatic nitrogens is 1. The topological polar surface area (TPSA) is 62.3 Å². The Labute approximate surface area is 128 Å². The molecular formula is C17H15N3O2. The van der Waals surface area contributed by atoms with Crippen molar-refractivity contribution in [2.24, 2.45) is 0 Å². The Hall–Kier alpha value is -2.69. The van der Waals surface area contributed by atoms with Crippen LogP contribution in [0.2, 0.25) is 0 Å². The van der Waals surface area contributed by atoms with Crippen molar-refractivity contribution in [1.82, 2.24) is 9.88 Å². The summed E-state index contributed by atoms with van der Waals surface area (Å²) in [5.41, 5.74) is 2.52. The molecule has 3 heterocycles. The summed E-state index contributed by atoms with van der Waals surface area (Å²) in [6.45, 7) is 0.619. The fourth-order valence-corrected chi connectivity index (χ4v) is 3.13. The first kappa shape index (κ1) is 13.0. The highest BCUT2D eigenvalue weighted by Crippen LogP contribution is 2.29. The number of rotatable bonds is 1. The first-order valence-electron chi connectivity index (χ1n) is 7.42. The summed E-state index contributed by atoms with van der Waals surface area (Å²) in [5, 5.41) is 2.84. The molecule has 0 radical (unpaired) electrons. The number of nitrogens with zero attached hydrogens (tertiary/aromatic N) is 2. The molecule has 0 aliphatic carbocycles.